The maximum Gasteiger partial charge on any atom is 0.364 e. The summed E-state index contributed by atoms with van der Waals surface area (Å²) >= 11 is 0. The molecule has 4 saturated carbocycles. The molecule has 0 heterocycles. The molecule has 9 nitrogen and oxygen atoms in total. The number of carboxylic acid groups (broad SMARTS) is 3. The number of alkyl halides is 13. The zero-order valence-electron chi connectivity index (χ0n) is 20.1. The van der Waals surface area contributed by atoms with Gasteiger partial charge in [0.15, 0.2) is 0 Å². The second kappa shape index (κ2) is 10.5. The summed E-state index contributed by atoms with van der Waals surface area (Å²) in [6, 6.07) is 0. The van der Waals surface area contributed by atoms with Gasteiger partial charge in [0.05, 0.1) is 0 Å². The molecule has 0 saturated heterocycles. The highest BCUT2D eigenvalue weighted by Gasteiger charge is 3.21. The Kier molecular flexibility index (Phi) is 9.63. The first kappa shape index (κ1) is 40.4. The molecular weight excluding hydrogens is 676 g/mol. The predicted octanol–water partition coefficient (Wildman–Crippen LogP) is 3.40. The summed E-state index contributed by atoms with van der Waals surface area (Å²) in [6.07, 6.45) is 0. The van der Waals surface area contributed by atoms with E-state index >= 15 is 0 Å². The van der Waals surface area contributed by atoms with Crippen molar-refractivity contribution in [2.45, 2.75) is 58.0 Å². The van der Waals surface area contributed by atoms with Crippen LogP contribution in [0.3, 0.4) is 0 Å². The SMILES string of the molecule is C=C(F)C(=O)O.C=C(F)C(=O)O.C=C(F)C(=O)O.OC12C(F)(F)C3(O)C(F)(F)C(O)(C1(F)F)C(F)(F)C(F)(C2(F)F)C3(F)F. The molecule has 4 aliphatic rings. The number of carbonyl (C=O) groups is 3. The van der Waals surface area contributed by atoms with Crippen LogP contribution in [0.4, 0.5) is 70.2 Å². The number of hydrogen-bond donors (Lipinski definition) is 6. The molecule has 0 unspecified atom stereocenters. The Hall–Kier alpha value is -3.61. The number of carboxylic acids is 3. The molecule has 0 amide bonds. The van der Waals surface area contributed by atoms with Gasteiger partial charge in [-0.2, -0.15) is 65.9 Å². The lowest BCUT2D eigenvalue weighted by molar-refractivity contribution is -0.632. The first-order valence-electron chi connectivity index (χ1n) is 9.79. The van der Waals surface area contributed by atoms with Crippen LogP contribution in [0.25, 0.3) is 0 Å². The Labute approximate surface area is 229 Å². The highest BCUT2D eigenvalue weighted by atomic mass is 19.3. The van der Waals surface area contributed by atoms with E-state index in [0.717, 1.165) is 0 Å². The highest BCUT2D eigenvalue weighted by molar-refractivity contribution is 5.83. The normalized spacial score (nSPS) is 34.7. The molecule has 0 aromatic carbocycles. The van der Waals surface area contributed by atoms with Gasteiger partial charge in [0.2, 0.25) is 17.5 Å². The molecule has 0 aliphatic heterocycles. The van der Waals surface area contributed by atoms with E-state index in [1.165, 1.54) is 0 Å². The van der Waals surface area contributed by atoms with Crippen molar-refractivity contribution in [1.29, 1.82) is 0 Å². The van der Waals surface area contributed by atoms with Crippen LogP contribution >= 0.6 is 0 Å². The molecule has 254 valence electrons. The van der Waals surface area contributed by atoms with Crippen molar-refractivity contribution in [2.24, 2.45) is 0 Å². The third kappa shape index (κ3) is 3.96. The van der Waals surface area contributed by atoms with Crippen molar-refractivity contribution in [3.63, 3.8) is 0 Å². The van der Waals surface area contributed by atoms with Crippen molar-refractivity contribution in [3.05, 3.63) is 37.2 Å². The van der Waals surface area contributed by atoms with Crippen LogP contribution in [0.2, 0.25) is 0 Å². The van der Waals surface area contributed by atoms with Crippen LogP contribution < -0.4 is 0 Å². The minimum atomic E-state index is -7.53. The summed E-state index contributed by atoms with van der Waals surface area (Å²) in [7, 11) is 0. The van der Waals surface area contributed by atoms with Crippen LogP contribution in [0, 0.1) is 0 Å². The third-order valence-electron chi connectivity index (χ3n) is 6.08. The number of hydrogen-bond acceptors (Lipinski definition) is 6. The summed E-state index contributed by atoms with van der Waals surface area (Å²) < 4.78 is 214. The first-order valence-corrected chi connectivity index (χ1v) is 9.79. The molecule has 4 bridgehead atoms. The molecule has 0 spiro atoms. The molecule has 0 radical (unpaired) electrons. The van der Waals surface area contributed by atoms with Crippen molar-refractivity contribution in [2.75, 3.05) is 0 Å². The van der Waals surface area contributed by atoms with Gasteiger partial charge < -0.3 is 30.6 Å². The largest absolute Gasteiger partial charge is 0.476 e. The number of rotatable bonds is 3. The lowest BCUT2D eigenvalue weighted by Gasteiger charge is -2.75. The molecule has 4 rings (SSSR count). The van der Waals surface area contributed by atoms with E-state index in [1.54, 1.807) is 0 Å². The molecule has 0 aromatic heterocycles. The van der Waals surface area contributed by atoms with Crippen LogP contribution in [0.5, 0.6) is 0 Å². The Morgan fingerprint density at radius 2 is 0.500 bits per heavy atom. The molecule has 0 aromatic rings. The number of aliphatic carboxylic acids is 3. The summed E-state index contributed by atoms with van der Waals surface area (Å²) in [6.45, 7) is 7.47. The zero-order valence-corrected chi connectivity index (χ0v) is 20.1. The fourth-order valence-electron chi connectivity index (χ4n) is 3.90. The average molecular weight is 688 g/mol. The molecule has 6 N–H and O–H groups in total. The van der Waals surface area contributed by atoms with Gasteiger partial charge in [-0.15, -0.1) is 0 Å². The number of aliphatic hydroxyl groups is 3. The van der Waals surface area contributed by atoms with Crippen molar-refractivity contribution < 1.29 is 115 Å². The van der Waals surface area contributed by atoms with E-state index in [9.17, 15) is 84.6 Å². The molecule has 0 atom stereocenters. The lowest BCUT2D eigenvalue weighted by Crippen LogP contribution is -3.11. The molecule has 44 heavy (non-hydrogen) atoms. The third-order valence-corrected chi connectivity index (χ3v) is 6.08. The minimum Gasteiger partial charge on any atom is -0.476 e. The second-order valence-electron chi connectivity index (χ2n) is 8.37. The van der Waals surface area contributed by atoms with Gasteiger partial charge >= 0.3 is 59.1 Å². The Morgan fingerprint density at radius 3 is 0.591 bits per heavy atom. The maximum atomic E-state index is 14.3. The van der Waals surface area contributed by atoms with Crippen LogP contribution in [0.15, 0.2) is 37.2 Å². The van der Waals surface area contributed by atoms with Gasteiger partial charge in [-0.1, -0.05) is 19.7 Å². The van der Waals surface area contributed by atoms with Gasteiger partial charge in [0.1, 0.15) is 0 Å². The minimum absolute atomic E-state index is 1.32. The summed E-state index contributed by atoms with van der Waals surface area (Å²) in [4.78, 5) is 27.7. The smallest absolute Gasteiger partial charge is 0.364 e. The molecule has 25 heteroatoms. The van der Waals surface area contributed by atoms with Gasteiger partial charge in [0.25, 0.3) is 16.8 Å². The van der Waals surface area contributed by atoms with E-state index in [2.05, 4.69) is 19.7 Å². The average Bonchev–Trinajstić information content (AvgIpc) is 2.84. The van der Waals surface area contributed by atoms with Gasteiger partial charge in [-0.3, -0.25) is 0 Å². The molecular formula is C19H12F16O9. The molecule has 4 fully saturated rings. The van der Waals surface area contributed by atoms with Gasteiger partial charge in [-0.25, -0.2) is 18.8 Å². The van der Waals surface area contributed by atoms with Gasteiger partial charge in [-0.05, 0) is 0 Å². The Morgan fingerprint density at radius 1 is 0.386 bits per heavy atom. The van der Waals surface area contributed by atoms with E-state index in [0.29, 0.717) is 0 Å². The Bertz CT molecular complexity index is 987. The highest BCUT2D eigenvalue weighted by Crippen LogP contribution is 2.86. The summed E-state index contributed by atoms with van der Waals surface area (Å²) in [5.41, 5.74) is -28.7. The first-order chi connectivity index (χ1) is 18.9. The summed E-state index contributed by atoms with van der Waals surface area (Å²) in [5, 5.41) is 49.8. The Balaban J connectivity index is 0.000000839. The second-order valence-corrected chi connectivity index (χ2v) is 8.37. The predicted molar refractivity (Wildman–Crippen MR) is 102 cm³/mol. The van der Waals surface area contributed by atoms with Gasteiger partial charge in [0, 0.05) is 0 Å². The lowest BCUT2D eigenvalue weighted by atomic mass is 9.39. The maximum absolute atomic E-state index is 14.3. The topological polar surface area (TPSA) is 173 Å². The van der Waals surface area contributed by atoms with Crippen LogP contribution in [-0.4, -0.2) is 107 Å². The number of halogens is 16. The van der Waals surface area contributed by atoms with Crippen molar-refractivity contribution in [3.8, 4) is 0 Å². The van der Waals surface area contributed by atoms with E-state index in [4.69, 9.17) is 30.6 Å². The van der Waals surface area contributed by atoms with E-state index in [1.807, 2.05) is 0 Å². The monoisotopic (exact) mass is 688 g/mol. The van der Waals surface area contributed by atoms with E-state index in [-0.39, 0.29) is 0 Å². The fraction of sp³-hybridized carbons (Fsp3) is 0.526. The van der Waals surface area contributed by atoms with Crippen molar-refractivity contribution >= 4 is 17.9 Å². The molecule has 4 aliphatic carbocycles. The van der Waals surface area contributed by atoms with E-state index < -0.39 is 93.4 Å². The standard InChI is InChI=1S/C10H3F13O3.3C3H3FO2/c11-1-5(12,13)2(24)8(18,19)3(25,6(1,14)15)10(22,23)4(26,7(1,16)17)9(2,20)21;3*1-2(4)3(5)6/h24-26H;3*1H2,(H,5,6). The van der Waals surface area contributed by atoms with Crippen molar-refractivity contribution in [1.82, 2.24) is 0 Å². The van der Waals surface area contributed by atoms with Crippen LogP contribution in [-0.2, 0) is 14.4 Å². The quantitative estimate of drug-likeness (QED) is 0.192. The fourth-order valence-corrected chi connectivity index (χ4v) is 3.90. The summed E-state index contributed by atoms with van der Waals surface area (Å²) in [5.74, 6) is -53.5. The zero-order chi connectivity index (χ0) is 36.5. The van der Waals surface area contributed by atoms with Crippen LogP contribution in [0.1, 0.15) is 0 Å².